The van der Waals surface area contributed by atoms with E-state index in [4.69, 9.17) is 0 Å². The van der Waals surface area contributed by atoms with E-state index in [0.717, 1.165) is 6.08 Å². The van der Waals surface area contributed by atoms with E-state index in [0.29, 0.717) is 0 Å². The van der Waals surface area contributed by atoms with Crippen LogP contribution < -0.4 is 0 Å². The van der Waals surface area contributed by atoms with Crippen molar-refractivity contribution >= 4 is 27.9 Å². The standard InChI is InChI=1S/C7H9BrO4/c1-2-6(9)11-3-4-12-7(10)5-8/h2H,1,3-5H2. The van der Waals surface area contributed by atoms with Gasteiger partial charge in [0.15, 0.2) is 0 Å². The van der Waals surface area contributed by atoms with Gasteiger partial charge in [0, 0.05) is 6.08 Å². The second-order valence-corrected chi connectivity index (χ2v) is 2.29. The maximum absolute atomic E-state index is 10.5. The fraction of sp³-hybridized carbons (Fsp3) is 0.429. The third-order valence-electron chi connectivity index (χ3n) is 0.866. The van der Waals surface area contributed by atoms with Crippen molar-refractivity contribution in [3.63, 3.8) is 0 Å². The predicted octanol–water partition coefficient (Wildman–Crippen LogP) is 0.654. The van der Waals surface area contributed by atoms with Crippen LogP contribution in [0.2, 0.25) is 0 Å². The SMILES string of the molecule is C=CC(=O)OCCOC(=O)CBr. The van der Waals surface area contributed by atoms with E-state index in [-0.39, 0.29) is 24.5 Å². The molecule has 0 aromatic heterocycles. The van der Waals surface area contributed by atoms with E-state index in [9.17, 15) is 9.59 Å². The summed E-state index contributed by atoms with van der Waals surface area (Å²) in [7, 11) is 0. The third kappa shape index (κ3) is 5.91. The number of rotatable bonds is 5. The molecular formula is C7H9BrO4. The minimum atomic E-state index is -0.523. The van der Waals surface area contributed by atoms with Crippen LogP contribution in [0.25, 0.3) is 0 Å². The maximum Gasteiger partial charge on any atom is 0.330 e. The van der Waals surface area contributed by atoms with Crippen molar-refractivity contribution in [1.82, 2.24) is 0 Å². The molecular weight excluding hydrogens is 228 g/mol. The average molecular weight is 237 g/mol. The first-order valence-corrected chi connectivity index (χ1v) is 4.33. The smallest absolute Gasteiger partial charge is 0.330 e. The van der Waals surface area contributed by atoms with Crippen LogP contribution in [0, 0.1) is 0 Å². The van der Waals surface area contributed by atoms with Crippen LogP contribution in [0.4, 0.5) is 0 Å². The van der Waals surface area contributed by atoms with Crippen molar-refractivity contribution in [3.8, 4) is 0 Å². The fourth-order valence-electron chi connectivity index (χ4n) is 0.395. The Balaban J connectivity index is 3.27. The first-order chi connectivity index (χ1) is 5.70. The molecule has 5 heteroatoms. The Morgan fingerprint density at radius 1 is 1.33 bits per heavy atom. The first kappa shape index (κ1) is 11.2. The highest BCUT2D eigenvalue weighted by atomic mass is 79.9. The van der Waals surface area contributed by atoms with Crippen LogP contribution >= 0.6 is 15.9 Å². The molecule has 0 aliphatic heterocycles. The van der Waals surface area contributed by atoms with Gasteiger partial charge in [-0.05, 0) is 0 Å². The van der Waals surface area contributed by atoms with Gasteiger partial charge in [-0.3, -0.25) is 4.79 Å². The molecule has 0 unspecified atom stereocenters. The van der Waals surface area contributed by atoms with Crippen LogP contribution in [-0.2, 0) is 19.1 Å². The van der Waals surface area contributed by atoms with Gasteiger partial charge in [-0.25, -0.2) is 4.79 Å². The summed E-state index contributed by atoms with van der Waals surface area (Å²) in [5.41, 5.74) is 0. The lowest BCUT2D eigenvalue weighted by Gasteiger charge is -2.02. The van der Waals surface area contributed by atoms with Crippen LogP contribution in [0.5, 0.6) is 0 Å². The summed E-state index contributed by atoms with van der Waals surface area (Å²) in [5.74, 6) is -0.908. The Labute approximate surface area is 78.7 Å². The van der Waals surface area contributed by atoms with E-state index in [1.54, 1.807) is 0 Å². The fourth-order valence-corrected chi connectivity index (χ4v) is 0.557. The molecule has 0 aromatic carbocycles. The van der Waals surface area contributed by atoms with Gasteiger partial charge in [0.2, 0.25) is 0 Å². The number of ether oxygens (including phenoxy) is 2. The van der Waals surface area contributed by atoms with E-state index >= 15 is 0 Å². The number of esters is 2. The number of carbonyl (C=O) groups excluding carboxylic acids is 2. The Morgan fingerprint density at radius 3 is 2.42 bits per heavy atom. The Hall–Kier alpha value is -0.840. The van der Waals surface area contributed by atoms with Gasteiger partial charge in [-0.1, -0.05) is 22.5 Å². The second kappa shape index (κ2) is 6.84. The lowest BCUT2D eigenvalue weighted by Crippen LogP contribution is -2.13. The number of hydrogen-bond acceptors (Lipinski definition) is 4. The molecule has 0 saturated heterocycles. The van der Waals surface area contributed by atoms with Crippen molar-refractivity contribution in [1.29, 1.82) is 0 Å². The molecule has 12 heavy (non-hydrogen) atoms. The topological polar surface area (TPSA) is 52.6 Å². The Kier molecular flexibility index (Phi) is 6.37. The van der Waals surface area contributed by atoms with E-state index < -0.39 is 5.97 Å². The van der Waals surface area contributed by atoms with Gasteiger partial charge >= 0.3 is 11.9 Å². The number of alkyl halides is 1. The highest BCUT2D eigenvalue weighted by Crippen LogP contribution is 1.86. The first-order valence-electron chi connectivity index (χ1n) is 3.21. The molecule has 68 valence electrons. The van der Waals surface area contributed by atoms with Crippen LogP contribution in [0.3, 0.4) is 0 Å². The zero-order chi connectivity index (χ0) is 9.40. The molecule has 0 aliphatic rings. The van der Waals surface area contributed by atoms with E-state index in [1.165, 1.54) is 0 Å². The van der Waals surface area contributed by atoms with Crippen LogP contribution in [-0.4, -0.2) is 30.5 Å². The Bertz CT molecular complexity index is 178. The normalized spacial score (nSPS) is 8.75. The lowest BCUT2D eigenvalue weighted by molar-refractivity contribution is -0.147. The van der Waals surface area contributed by atoms with Crippen molar-refractivity contribution in [2.24, 2.45) is 0 Å². The lowest BCUT2D eigenvalue weighted by atomic mass is 10.6. The van der Waals surface area contributed by atoms with Crippen molar-refractivity contribution < 1.29 is 19.1 Å². The molecule has 0 radical (unpaired) electrons. The molecule has 0 atom stereocenters. The van der Waals surface area contributed by atoms with Crippen LogP contribution in [0.1, 0.15) is 0 Å². The summed E-state index contributed by atoms with van der Waals surface area (Å²) >= 11 is 2.91. The number of carbonyl (C=O) groups is 2. The van der Waals surface area contributed by atoms with Gasteiger partial charge in [0.25, 0.3) is 0 Å². The maximum atomic E-state index is 10.5. The highest BCUT2D eigenvalue weighted by molar-refractivity contribution is 9.09. The minimum Gasteiger partial charge on any atom is -0.461 e. The Morgan fingerprint density at radius 2 is 1.92 bits per heavy atom. The summed E-state index contributed by atoms with van der Waals surface area (Å²) in [5, 5.41) is 0.141. The largest absolute Gasteiger partial charge is 0.461 e. The van der Waals surface area contributed by atoms with E-state index in [2.05, 4.69) is 32.0 Å². The van der Waals surface area contributed by atoms with Crippen molar-refractivity contribution in [3.05, 3.63) is 12.7 Å². The van der Waals surface area contributed by atoms with Gasteiger partial charge in [0.1, 0.15) is 18.5 Å². The van der Waals surface area contributed by atoms with Crippen LogP contribution in [0.15, 0.2) is 12.7 Å². The predicted molar refractivity (Wildman–Crippen MR) is 45.9 cm³/mol. The molecule has 0 spiro atoms. The molecule has 0 aromatic rings. The molecule has 0 rings (SSSR count). The monoisotopic (exact) mass is 236 g/mol. The quantitative estimate of drug-likeness (QED) is 0.305. The molecule has 0 aliphatic carbocycles. The summed E-state index contributed by atoms with van der Waals surface area (Å²) in [6.45, 7) is 3.33. The minimum absolute atomic E-state index is 0.0591. The number of hydrogen-bond donors (Lipinski definition) is 0. The van der Waals surface area contributed by atoms with E-state index in [1.807, 2.05) is 0 Å². The molecule has 0 amide bonds. The molecule has 0 bridgehead atoms. The highest BCUT2D eigenvalue weighted by Gasteiger charge is 1.99. The summed E-state index contributed by atoms with van der Waals surface area (Å²) < 4.78 is 9.13. The second-order valence-electron chi connectivity index (χ2n) is 1.73. The molecule has 4 nitrogen and oxygen atoms in total. The summed E-state index contributed by atoms with van der Waals surface area (Å²) in [6.07, 6.45) is 1.05. The molecule has 0 heterocycles. The van der Waals surface area contributed by atoms with Gasteiger partial charge < -0.3 is 9.47 Å². The number of halogens is 1. The average Bonchev–Trinajstić information content (AvgIpc) is 2.11. The van der Waals surface area contributed by atoms with Crippen molar-refractivity contribution in [2.45, 2.75) is 0 Å². The summed E-state index contributed by atoms with van der Waals surface area (Å²) in [4.78, 5) is 20.9. The zero-order valence-corrected chi connectivity index (χ0v) is 8.00. The summed E-state index contributed by atoms with van der Waals surface area (Å²) in [6, 6.07) is 0. The van der Waals surface area contributed by atoms with Crippen molar-refractivity contribution in [2.75, 3.05) is 18.5 Å². The molecule has 0 saturated carbocycles. The zero-order valence-electron chi connectivity index (χ0n) is 6.42. The van der Waals surface area contributed by atoms with Gasteiger partial charge in [0.05, 0.1) is 0 Å². The molecule has 0 N–H and O–H groups in total. The van der Waals surface area contributed by atoms with Gasteiger partial charge in [-0.2, -0.15) is 0 Å². The van der Waals surface area contributed by atoms with Gasteiger partial charge in [-0.15, -0.1) is 0 Å². The third-order valence-corrected chi connectivity index (χ3v) is 1.32. The molecule has 0 fully saturated rings.